The van der Waals surface area contributed by atoms with E-state index in [0.29, 0.717) is 11.0 Å². The van der Waals surface area contributed by atoms with E-state index in [2.05, 4.69) is 0 Å². The van der Waals surface area contributed by atoms with Crippen molar-refractivity contribution in [3.63, 3.8) is 0 Å². The van der Waals surface area contributed by atoms with Crippen LogP contribution in [-0.4, -0.2) is 72.0 Å². The van der Waals surface area contributed by atoms with Gasteiger partial charge in [0.05, 0.1) is 26.4 Å². The summed E-state index contributed by atoms with van der Waals surface area (Å²) in [5, 5.41) is 31.0. The van der Waals surface area contributed by atoms with Crippen molar-refractivity contribution in [1.29, 1.82) is 0 Å². The average Bonchev–Trinajstić information content (AvgIpc) is 2.69. The summed E-state index contributed by atoms with van der Waals surface area (Å²) in [4.78, 5) is 11.4. The Morgan fingerprint density at radius 1 is 1.19 bits per heavy atom. The fourth-order valence-electron chi connectivity index (χ4n) is 3.56. The van der Waals surface area contributed by atoms with E-state index >= 15 is 0 Å². The SMILES string of the molecule is O=c1ccc2ccc(OC3OC(CO)C4OCCOC4(CO)C3O)cc2o1. The molecule has 2 fully saturated rings. The second kappa shape index (κ2) is 7.19. The molecule has 2 aliphatic heterocycles. The molecule has 0 saturated carbocycles. The molecule has 27 heavy (non-hydrogen) atoms. The minimum absolute atomic E-state index is 0.181. The van der Waals surface area contributed by atoms with Crippen LogP contribution in [0.15, 0.2) is 39.5 Å². The molecule has 4 rings (SSSR count). The summed E-state index contributed by atoms with van der Waals surface area (Å²) in [6.45, 7) is -0.506. The van der Waals surface area contributed by atoms with Crippen LogP contribution in [0.4, 0.5) is 0 Å². The molecule has 0 bridgehead atoms. The van der Waals surface area contributed by atoms with Gasteiger partial charge in [0.15, 0.2) is 5.60 Å². The van der Waals surface area contributed by atoms with Gasteiger partial charge in [0, 0.05) is 17.5 Å². The third-order valence-corrected chi connectivity index (χ3v) is 4.91. The zero-order valence-electron chi connectivity index (χ0n) is 14.3. The van der Waals surface area contributed by atoms with Gasteiger partial charge < -0.3 is 38.7 Å². The van der Waals surface area contributed by atoms with Crippen molar-refractivity contribution in [3.05, 3.63) is 40.8 Å². The quantitative estimate of drug-likeness (QED) is 0.596. The van der Waals surface area contributed by atoms with Crippen molar-refractivity contribution in [1.82, 2.24) is 0 Å². The monoisotopic (exact) mass is 380 g/mol. The first-order valence-electron chi connectivity index (χ1n) is 8.59. The number of ether oxygens (including phenoxy) is 4. The zero-order valence-corrected chi connectivity index (χ0v) is 14.3. The molecule has 9 heteroatoms. The number of aliphatic hydroxyl groups is 3. The lowest BCUT2D eigenvalue weighted by molar-refractivity contribution is -0.359. The number of hydrogen-bond acceptors (Lipinski definition) is 9. The summed E-state index contributed by atoms with van der Waals surface area (Å²) < 4.78 is 27.8. The molecule has 0 spiro atoms. The topological polar surface area (TPSA) is 128 Å². The number of aliphatic hydroxyl groups excluding tert-OH is 3. The molecule has 3 N–H and O–H groups in total. The predicted molar refractivity (Wildman–Crippen MR) is 90.4 cm³/mol. The van der Waals surface area contributed by atoms with Crippen molar-refractivity contribution in [3.8, 4) is 5.75 Å². The zero-order chi connectivity index (χ0) is 19.0. The molecule has 1 aromatic heterocycles. The number of fused-ring (bicyclic) bond motifs is 2. The van der Waals surface area contributed by atoms with Crippen molar-refractivity contribution in [2.24, 2.45) is 0 Å². The van der Waals surface area contributed by atoms with Crippen LogP contribution < -0.4 is 10.4 Å². The first-order valence-corrected chi connectivity index (χ1v) is 8.59. The lowest BCUT2D eigenvalue weighted by Crippen LogP contribution is -2.73. The van der Waals surface area contributed by atoms with Gasteiger partial charge in [-0.05, 0) is 18.2 Å². The Kier molecular flexibility index (Phi) is 4.89. The van der Waals surface area contributed by atoms with Crippen molar-refractivity contribution >= 4 is 11.0 Å². The molecule has 1 aromatic carbocycles. The van der Waals surface area contributed by atoms with E-state index in [9.17, 15) is 20.1 Å². The minimum atomic E-state index is -1.47. The van der Waals surface area contributed by atoms with E-state index in [1.54, 1.807) is 18.2 Å². The third-order valence-electron chi connectivity index (χ3n) is 4.91. The Labute approximate surface area is 153 Å². The first-order chi connectivity index (χ1) is 13.1. The fraction of sp³-hybridized carbons (Fsp3) is 0.500. The minimum Gasteiger partial charge on any atom is -0.462 e. The molecule has 2 saturated heterocycles. The Morgan fingerprint density at radius 3 is 2.78 bits per heavy atom. The van der Waals surface area contributed by atoms with Crippen LogP contribution in [0.2, 0.25) is 0 Å². The van der Waals surface area contributed by atoms with Crippen LogP contribution >= 0.6 is 0 Å². The molecule has 0 radical (unpaired) electrons. The van der Waals surface area contributed by atoms with E-state index < -0.39 is 49.0 Å². The van der Waals surface area contributed by atoms with Crippen LogP contribution in [0, 0.1) is 0 Å². The highest BCUT2D eigenvalue weighted by Gasteiger charge is 2.60. The number of benzene rings is 1. The molecule has 2 aliphatic rings. The molecule has 2 aromatic rings. The van der Waals surface area contributed by atoms with Gasteiger partial charge in [-0.2, -0.15) is 0 Å². The average molecular weight is 380 g/mol. The number of hydrogen-bond donors (Lipinski definition) is 3. The highest BCUT2D eigenvalue weighted by atomic mass is 16.7. The maximum Gasteiger partial charge on any atom is 0.336 e. The van der Waals surface area contributed by atoms with Gasteiger partial charge in [0.25, 0.3) is 0 Å². The molecule has 146 valence electrons. The molecule has 5 unspecified atom stereocenters. The second-order valence-corrected chi connectivity index (χ2v) is 6.50. The van der Waals surface area contributed by atoms with E-state index in [0.717, 1.165) is 0 Å². The normalized spacial score (nSPS) is 33.6. The maximum absolute atomic E-state index is 11.4. The lowest BCUT2D eigenvalue weighted by Gasteiger charge is -2.52. The lowest BCUT2D eigenvalue weighted by atomic mass is 9.83. The van der Waals surface area contributed by atoms with Crippen LogP contribution in [0.1, 0.15) is 0 Å². The molecule has 3 heterocycles. The van der Waals surface area contributed by atoms with Crippen LogP contribution in [-0.2, 0) is 14.2 Å². The van der Waals surface area contributed by atoms with E-state index in [1.807, 2.05) is 0 Å². The Morgan fingerprint density at radius 2 is 2.00 bits per heavy atom. The highest BCUT2D eigenvalue weighted by Crippen LogP contribution is 2.38. The van der Waals surface area contributed by atoms with Gasteiger partial charge in [-0.1, -0.05) is 0 Å². The Bertz CT molecular complexity index is 865. The van der Waals surface area contributed by atoms with Gasteiger partial charge in [0.2, 0.25) is 6.29 Å². The van der Waals surface area contributed by atoms with Gasteiger partial charge in [0.1, 0.15) is 29.6 Å². The van der Waals surface area contributed by atoms with E-state index in [1.165, 1.54) is 12.1 Å². The summed E-state index contributed by atoms with van der Waals surface area (Å²) >= 11 is 0. The van der Waals surface area contributed by atoms with Gasteiger partial charge >= 0.3 is 5.63 Å². The first kappa shape index (κ1) is 18.4. The molecular weight excluding hydrogens is 360 g/mol. The molecule has 0 aliphatic carbocycles. The van der Waals surface area contributed by atoms with Gasteiger partial charge in [-0.25, -0.2) is 4.79 Å². The third kappa shape index (κ3) is 3.12. The van der Waals surface area contributed by atoms with Crippen molar-refractivity contribution in [2.75, 3.05) is 26.4 Å². The predicted octanol–water partition coefficient (Wildman–Crippen LogP) is -0.604. The maximum atomic E-state index is 11.4. The van der Waals surface area contributed by atoms with Crippen molar-refractivity contribution in [2.45, 2.75) is 30.2 Å². The standard InChI is InChI=1S/C18H20O9/c19-8-13-16-18(9-20,24-6-5-23-16)15(22)17(27-13)25-11-3-1-10-2-4-14(21)26-12(10)7-11/h1-4,7,13,15-17,19-20,22H,5-6,8-9H2. The Hall–Kier alpha value is -2.01. The smallest absolute Gasteiger partial charge is 0.336 e. The summed E-state index contributed by atoms with van der Waals surface area (Å²) in [5.74, 6) is 0.279. The fourth-order valence-corrected chi connectivity index (χ4v) is 3.56. The van der Waals surface area contributed by atoms with E-state index in [-0.39, 0.29) is 19.0 Å². The van der Waals surface area contributed by atoms with Crippen LogP contribution in [0.25, 0.3) is 11.0 Å². The summed E-state index contributed by atoms with van der Waals surface area (Å²) in [5.41, 5.74) is -1.65. The molecule has 0 amide bonds. The van der Waals surface area contributed by atoms with Crippen LogP contribution in [0.3, 0.4) is 0 Å². The Balaban J connectivity index is 1.64. The van der Waals surface area contributed by atoms with E-state index in [4.69, 9.17) is 23.4 Å². The van der Waals surface area contributed by atoms with Crippen LogP contribution in [0.5, 0.6) is 5.75 Å². The summed E-state index contributed by atoms with van der Waals surface area (Å²) in [6.07, 6.45) is -4.32. The van der Waals surface area contributed by atoms with Gasteiger partial charge in [-0.15, -0.1) is 0 Å². The molecular formula is C18H20O9. The molecule has 5 atom stereocenters. The highest BCUT2D eigenvalue weighted by molar-refractivity contribution is 5.77. The summed E-state index contributed by atoms with van der Waals surface area (Å²) in [7, 11) is 0. The molecule has 9 nitrogen and oxygen atoms in total. The van der Waals surface area contributed by atoms with Crippen molar-refractivity contribution < 1.29 is 38.7 Å². The largest absolute Gasteiger partial charge is 0.462 e. The summed E-state index contributed by atoms with van der Waals surface area (Å²) in [6, 6.07) is 7.75. The van der Waals surface area contributed by atoms with Gasteiger partial charge in [-0.3, -0.25) is 0 Å². The number of rotatable bonds is 4. The second-order valence-electron chi connectivity index (χ2n) is 6.50.